The average molecular weight is 348 g/mol. The lowest BCUT2D eigenvalue weighted by Gasteiger charge is -2.38. The number of hydrogen-bond acceptors (Lipinski definition) is 4. The zero-order valence-corrected chi connectivity index (χ0v) is 14.5. The van der Waals surface area contributed by atoms with E-state index in [1.54, 1.807) is 11.0 Å². The van der Waals surface area contributed by atoms with Crippen molar-refractivity contribution in [3.63, 3.8) is 0 Å². The van der Waals surface area contributed by atoms with Crippen molar-refractivity contribution in [3.8, 4) is 5.69 Å². The molecule has 0 radical (unpaired) electrons. The first-order valence-corrected chi connectivity index (χ1v) is 8.65. The first-order chi connectivity index (χ1) is 12.7. The average Bonchev–Trinajstić information content (AvgIpc) is 3.23. The van der Waals surface area contributed by atoms with Crippen LogP contribution in [0.4, 0.5) is 0 Å². The largest absolute Gasteiger partial charge is 0.370 e. The monoisotopic (exact) mass is 348 g/mol. The van der Waals surface area contributed by atoms with Gasteiger partial charge >= 0.3 is 0 Å². The Labute approximate surface area is 152 Å². The number of nitrogens with zero attached hydrogens (tertiary/aromatic N) is 4. The molecule has 6 nitrogen and oxygen atoms in total. The SMILES string of the molecule is C[C@H]1CO[C@H](c2ccccc2)CN1C(=O)c1cccc(-n2cncn2)c1. The van der Waals surface area contributed by atoms with E-state index in [-0.39, 0.29) is 18.1 Å². The van der Waals surface area contributed by atoms with E-state index in [1.807, 2.05) is 66.4 Å². The Bertz CT molecular complexity index is 880. The molecular formula is C20H20N4O2. The minimum absolute atomic E-state index is 0.00342. The number of amides is 1. The number of carbonyl (C=O) groups is 1. The summed E-state index contributed by atoms with van der Waals surface area (Å²) in [5.41, 5.74) is 2.54. The van der Waals surface area contributed by atoms with Gasteiger partial charge in [-0.05, 0) is 30.7 Å². The summed E-state index contributed by atoms with van der Waals surface area (Å²) in [6.07, 6.45) is 2.99. The standard InChI is InChI=1S/C20H20N4O2/c1-15-12-26-19(16-6-3-2-4-7-16)11-23(15)20(25)17-8-5-9-18(10-17)24-14-21-13-22-24/h2-10,13-15,19H,11-12H2,1H3/t15-,19-/m0/s1. The highest BCUT2D eigenvalue weighted by Crippen LogP contribution is 2.26. The molecule has 1 saturated heterocycles. The number of aromatic nitrogens is 3. The molecule has 132 valence electrons. The molecule has 26 heavy (non-hydrogen) atoms. The molecular weight excluding hydrogens is 328 g/mol. The number of rotatable bonds is 3. The molecule has 2 atom stereocenters. The van der Waals surface area contributed by atoms with Gasteiger partial charge in [-0.15, -0.1) is 0 Å². The van der Waals surface area contributed by atoms with Crippen LogP contribution >= 0.6 is 0 Å². The molecule has 0 aliphatic carbocycles. The summed E-state index contributed by atoms with van der Waals surface area (Å²) in [6.45, 7) is 3.08. The summed E-state index contributed by atoms with van der Waals surface area (Å²) >= 11 is 0. The highest BCUT2D eigenvalue weighted by Gasteiger charge is 2.31. The molecule has 1 amide bonds. The molecule has 0 saturated carbocycles. The Morgan fingerprint density at radius 2 is 2.00 bits per heavy atom. The fourth-order valence-corrected chi connectivity index (χ4v) is 3.20. The lowest BCUT2D eigenvalue weighted by Crippen LogP contribution is -2.48. The maximum atomic E-state index is 13.1. The molecule has 2 aromatic carbocycles. The van der Waals surface area contributed by atoms with Gasteiger partial charge in [0.05, 0.1) is 24.9 Å². The molecule has 1 fully saturated rings. The number of benzene rings is 2. The summed E-state index contributed by atoms with van der Waals surface area (Å²) in [5.74, 6) is 0.00342. The lowest BCUT2D eigenvalue weighted by atomic mass is 10.0. The van der Waals surface area contributed by atoms with Gasteiger partial charge in [-0.25, -0.2) is 9.67 Å². The van der Waals surface area contributed by atoms with Gasteiger partial charge in [0, 0.05) is 5.56 Å². The van der Waals surface area contributed by atoms with Gasteiger partial charge < -0.3 is 9.64 Å². The molecule has 6 heteroatoms. The Morgan fingerprint density at radius 3 is 2.77 bits per heavy atom. The van der Waals surface area contributed by atoms with Gasteiger partial charge in [-0.1, -0.05) is 36.4 Å². The minimum atomic E-state index is -0.102. The van der Waals surface area contributed by atoms with E-state index in [9.17, 15) is 4.79 Å². The van der Waals surface area contributed by atoms with E-state index >= 15 is 0 Å². The van der Waals surface area contributed by atoms with E-state index in [4.69, 9.17) is 4.74 Å². The first kappa shape index (κ1) is 16.5. The normalized spacial score (nSPS) is 20.1. The Kier molecular flexibility index (Phi) is 4.50. The smallest absolute Gasteiger partial charge is 0.254 e. The van der Waals surface area contributed by atoms with E-state index < -0.39 is 0 Å². The Balaban J connectivity index is 1.57. The van der Waals surface area contributed by atoms with Gasteiger partial charge in [0.25, 0.3) is 5.91 Å². The zero-order valence-electron chi connectivity index (χ0n) is 14.5. The maximum absolute atomic E-state index is 13.1. The van der Waals surface area contributed by atoms with Crippen LogP contribution in [0.15, 0.2) is 67.3 Å². The van der Waals surface area contributed by atoms with Crippen molar-refractivity contribution in [1.82, 2.24) is 19.7 Å². The molecule has 0 spiro atoms. The third-order valence-corrected chi connectivity index (χ3v) is 4.64. The van der Waals surface area contributed by atoms with Crippen molar-refractivity contribution >= 4 is 5.91 Å². The molecule has 1 aliphatic heterocycles. The second kappa shape index (κ2) is 7.09. The second-order valence-electron chi connectivity index (χ2n) is 6.43. The maximum Gasteiger partial charge on any atom is 0.254 e. The number of morpholine rings is 1. The van der Waals surface area contributed by atoms with Crippen molar-refractivity contribution in [2.24, 2.45) is 0 Å². The molecule has 1 aromatic heterocycles. The van der Waals surface area contributed by atoms with Gasteiger partial charge in [0.2, 0.25) is 0 Å². The fourth-order valence-electron chi connectivity index (χ4n) is 3.20. The molecule has 2 heterocycles. The molecule has 0 bridgehead atoms. The first-order valence-electron chi connectivity index (χ1n) is 8.65. The molecule has 4 rings (SSSR count). The van der Waals surface area contributed by atoms with Gasteiger partial charge in [-0.2, -0.15) is 5.10 Å². The number of carbonyl (C=O) groups excluding carboxylic acids is 1. The topological polar surface area (TPSA) is 60.2 Å². The summed E-state index contributed by atoms with van der Waals surface area (Å²) in [5, 5.41) is 4.13. The summed E-state index contributed by atoms with van der Waals surface area (Å²) in [6, 6.07) is 17.5. The van der Waals surface area contributed by atoms with Crippen LogP contribution in [0, 0.1) is 0 Å². The lowest BCUT2D eigenvalue weighted by molar-refractivity contribution is -0.0486. The van der Waals surface area contributed by atoms with E-state index in [1.165, 1.54) is 6.33 Å². The summed E-state index contributed by atoms with van der Waals surface area (Å²) in [4.78, 5) is 19.0. The third kappa shape index (κ3) is 3.23. The highest BCUT2D eigenvalue weighted by molar-refractivity contribution is 5.95. The van der Waals surface area contributed by atoms with E-state index in [0.717, 1.165) is 11.3 Å². The van der Waals surface area contributed by atoms with Crippen LogP contribution in [0.3, 0.4) is 0 Å². The van der Waals surface area contributed by atoms with Crippen LogP contribution < -0.4 is 0 Å². The number of hydrogen-bond donors (Lipinski definition) is 0. The van der Waals surface area contributed by atoms with Crippen molar-refractivity contribution in [2.45, 2.75) is 19.1 Å². The van der Waals surface area contributed by atoms with Crippen LogP contribution in [0.25, 0.3) is 5.69 Å². The quantitative estimate of drug-likeness (QED) is 0.730. The molecule has 1 aliphatic rings. The second-order valence-corrected chi connectivity index (χ2v) is 6.43. The van der Waals surface area contributed by atoms with Crippen molar-refractivity contribution in [2.75, 3.05) is 13.2 Å². The number of ether oxygens (including phenoxy) is 1. The van der Waals surface area contributed by atoms with Gasteiger partial charge in [0.1, 0.15) is 18.8 Å². The van der Waals surface area contributed by atoms with Crippen molar-refractivity contribution in [3.05, 3.63) is 78.4 Å². The fraction of sp³-hybridized carbons (Fsp3) is 0.250. The van der Waals surface area contributed by atoms with Crippen LogP contribution in [0.1, 0.15) is 28.9 Å². The highest BCUT2D eigenvalue weighted by atomic mass is 16.5. The molecule has 3 aromatic rings. The van der Waals surface area contributed by atoms with Gasteiger partial charge in [-0.3, -0.25) is 4.79 Å². The van der Waals surface area contributed by atoms with Crippen LogP contribution in [-0.2, 0) is 4.74 Å². The molecule has 0 N–H and O–H groups in total. The Morgan fingerprint density at radius 1 is 1.15 bits per heavy atom. The van der Waals surface area contributed by atoms with Crippen molar-refractivity contribution < 1.29 is 9.53 Å². The predicted molar refractivity (Wildman–Crippen MR) is 97.0 cm³/mol. The summed E-state index contributed by atoms with van der Waals surface area (Å²) < 4.78 is 7.60. The van der Waals surface area contributed by atoms with E-state index in [2.05, 4.69) is 10.1 Å². The summed E-state index contributed by atoms with van der Waals surface area (Å²) in [7, 11) is 0. The van der Waals surface area contributed by atoms with Gasteiger partial charge in [0.15, 0.2) is 0 Å². The van der Waals surface area contributed by atoms with Crippen LogP contribution in [-0.4, -0.2) is 44.8 Å². The van der Waals surface area contributed by atoms with Crippen molar-refractivity contribution in [1.29, 1.82) is 0 Å². The van der Waals surface area contributed by atoms with Crippen LogP contribution in [0.2, 0.25) is 0 Å². The zero-order chi connectivity index (χ0) is 17.9. The predicted octanol–water partition coefficient (Wildman–Crippen LogP) is 2.87. The third-order valence-electron chi connectivity index (χ3n) is 4.64. The van der Waals surface area contributed by atoms with Crippen LogP contribution in [0.5, 0.6) is 0 Å². The Hall–Kier alpha value is -2.99. The molecule has 0 unspecified atom stereocenters. The minimum Gasteiger partial charge on any atom is -0.370 e. The van der Waals surface area contributed by atoms with E-state index in [0.29, 0.717) is 18.7 Å².